The molecule has 0 aliphatic carbocycles. The highest BCUT2D eigenvalue weighted by molar-refractivity contribution is 5.94. The molecule has 0 bridgehead atoms. The molecule has 0 N–H and O–H groups in total. The number of amides is 2. The Balaban J connectivity index is 1.54. The van der Waals surface area contributed by atoms with E-state index in [2.05, 4.69) is 6.92 Å². The van der Waals surface area contributed by atoms with E-state index in [0.29, 0.717) is 19.0 Å². The molecule has 2 heterocycles. The summed E-state index contributed by atoms with van der Waals surface area (Å²) in [6.07, 6.45) is 6.10. The minimum Gasteiger partial charge on any atom is -0.342 e. The maximum Gasteiger partial charge on any atom is 0.253 e. The van der Waals surface area contributed by atoms with Crippen LogP contribution in [0.15, 0.2) is 24.3 Å². The molecule has 0 unspecified atom stereocenters. The summed E-state index contributed by atoms with van der Waals surface area (Å²) in [7, 11) is 0. The zero-order chi connectivity index (χ0) is 16.9. The summed E-state index contributed by atoms with van der Waals surface area (Å²) >= 11 is 0. The lowest BCUT2D eigenvalue weighted by Crippen LogP contribution is -2.45. The minimum atomic E-state index is 0.0986. The maximum absolute atomic E-state index is 12.6. The maximum atomic E-state index is 12.6. The second-order valence-corrected chi connectivity index (χ2v) is 7.00. The Morgan fingerprint density at radius 3 is 2.12 bits per heavy atom. The van der Waals surface area contributed by atoms with E-state index in [4.69, 9.17) is 0 Å². The van der Waals surface area contributed by atoms with Crippen molar-refractivity contribution in [1.82, 2.24) is 9.80 Å². The van der Waals surface area contributed by atoms with Crippen molar-refractivity contribution in [2.24, 2.45) is 5.92 Å². The number of carbonyl (C=O) groups is 2. The van der Waals surface area contributed by atoms with E-state index in [0.717, 1.165) is 50.8 Å². The summed E-state index contributed by atoms with van der Waals surface area (Å²) in [4.78, 5) is 29.1. The van der Waals surface area contributed by atoms with E-state index in [1.54, 1.807) is 0 Å². The molecular formula is C20H28N2O2. The van der Waals surface area contributed by atoms with E-state index in [-0.39, 0.29) is 11.8 Å². The monoisotopic (exact) mass is 328 g/mol. The number of hydrogen-bond donors (Lipinski definition) is 0. The molecule has 2 amide bonds. The molecule has 0 aromatic heterocycles. The van der Waals surface area contributed by atoms with Gasteiger partial charge in [-0.3, -0.25) is 9.59 Å². The molecular weight excluding hydrogens is 300 g/mol. The number of rotatable bonds is 3. The first-order valence-corrected chi connectivity index (χ1v) is 9.36. The van der Waals surface area contributed by atoms with Gasteiger partial charge in [0.15, 0.2) is 0 Å². The predicted octanol–water partition coefficient (Wildman–Crippen LogP) is 3.11. The van der Waals surface area contributed by atoms with Crippen LogP contribution in [0.5, 0.6) is 0 Å². The Hall–Kier alpha value is -1.84. The highest BCUT2D eigenvalue weighted by Gasteiger charge is 2.30. The average molecular weight is 328 g/mol. The first-order chi connectivity index (χ1) is 11.7. The van der Waals surface area contributed by atoms with Crippen LogP contribution in [0.4, 0.5) is 0 Å². The van der Waals surface area contributed by atoms with E-state index in [1.165, 1.54) is 12.0 Å². The molecule has 1 aromatic carbocycles. The molecule has 24 heavy (non-hydrogen) atoms. The summed E-state index contributed by atoms with van der Waals surface area (Å²) in [6, 6.07) is 7.90. The van der Waals surface area contributed by atoms with Gasteiger partial charge in [-0.1, -0.05) is 19.1 Å². The summed E-state index contributed by atoms with van der Waals surface area (Å²) in [5.74, 6) is 0.519. The molecule has 4 nitrogen and oxygen atoms in total. The highest BCUT2D eigenvalue weighted by Crippen LogP contribution is 2.23. The van der Waals surface area contributed by atoms with Crippen molar-refractivity contribution in [2.45, 2.75) is 45.4 Å². The lowest BCUT2D eigenvalue weighted by atomic mass is 9.94. The van der Waals surface area contributed by atoms with E-state index in [9.17, 15) is 9.59 Å². The minimum absolute atomic E-state index is 0.0986. The fraction of sp³-hybridized carbons (Fsp3) is 0.600. The molecule has 0 spiro atoms. The number of nitrogens with zero attached hydrogens (tertiary/aromatic N) is 2. The Morgan fingerprint density at radius 2 is 1.54 bits per heavy atom. The van der Waals surface area contributed by atoms with Crippen LogP contribution in [0.1, 0.15) is 54.9 Å². The van der Waals surface area contributed by atoms with Gasteiger partial charge in [0.25, 0.3) is 5.91 Å². The number of benzene rings is 1. The quantitative estimate of drug-likeness (QED) is 0.855. The van der Waals surface area contributed by atoms with Gasteiger partial charge in [0.05, 0.1) is 0 Å². The van der Waals surface area contributed by atoms with Crippen LogP contribution in [0.3, 0.4) is 0 Å². The topological polar surface area (TPSA) is 40.6 Å². The van der Waals surface area contributed by atoms with Crippen LogP contribution in [0.2, 0.25) is 0 Å². The number of aryl methyl sites for hydroxylation is 1. The Bertz CT molecular complexity index is 568. The normalized spacial score (nSPS) is 19.4. The molecule has 0 atom stereocenters. The molecule has 2 fully saturated rings. The zero-order valence-corrected chi connectivity index (χ0v) is 14.7. The third kappa shape index (κ3) is 3.80. The largest absolute Gasteiger partial charge is 0.342 e. The number of piperidine rings is 2. The first-order valence-electron chi connectivity index (χ1n) is 9.36. The Kier molecular flexibility index (Phi) is 5.54. The SMILES string of the molecule is CCc1ccc(C(=O)N2CCC(C(=O)N3CCCCC3)CC2)cc1. The second-order valence-electron chi connectivity index (χ2n) is 7.00. The van der Waals surface area contributed by atoms with Crippen molar-refractivity contribution < 1.29 is 9.59 Å². The van der Waals surface area contributed by atoms with E-state index in [1.807, 2.05) is 34.1 Å². The lowest BCUT2D eigenvalue weighted by molar-refractivity contribution is -0.137. The molecule has 130 valence electrons. The third-order valence-electron chi connectivity index (χ3n) is 5.41. The van der Waals surface area contributed by atoms with Gasteiger partial charge in [0.2, 0.25) is 5.91 Å². The van der Waals surface area contributed by atoms with Crippen LogP contribution < -0.4 is 0 Å². The molecule has 2 aliphatic rings. The van der Waals surface area contributed by atoms with Gasteiger partial charge < -0.3 is 9.80 Å². The zero-order valence-electron chi connectivity index (χ0n) is 14.7. The fourth-order valence-corrected chi connectivity index (χ4v) is 3.77. The highest BCUT2D eigenvalue weighted by atomic mass is 16.2. The summed E-state index contributed by atoms with van der Waals surface area (Å²) in [5.41, 5.74) is 2.00. The van der Waals surface area contributed by atoms with Gasteiger partial charge in [-0.2, -0.15) is 0 Å². The third-order valence-corrected chi connectivity index (χ3v) is 5.41. The van der Waals surface area contributed by atoms with Crippen molar-refractivity contribution in [1.29, 1.82) is 0 Å². The first kappa shape index (κ1) is 17.0. The van der Waals surface area contributed by atoms with Crippen molar-refractivity contribution in [3.05, 3.63) is 35.4 Å². The van der Waals surface area contributed by atoms with Crippen LogP contribution in [-0.2, 0) is 11.2 Å². The Labute approximate surface area is 144 Å². The van der Waals surface area contributed by atoms with E-state index < -0.39 is 0 Å². The molecule has 0 radical (unpaired) electrons. The van der Waals surface area contributed by atoms with Crippen molar-refractivity contribution in [2.75, 3.05) is 26.2 Å². The number of hydrogen-bond acceptors (Lipinski definition) is 2. The van der Waals surface area contributed by atoms with Crippen molar-refractivity contribution in [3.63, 3.8) is 0 Å². The Morgan fingerprint density at radius 1 is 0.917 bits per heavy atom. The summed E-state index contributed by atoms with van der Waals surface area (Å²) < 4.78 is 0. The van der Waals surface area contributed by atoms with Crippen LogP contribution >= 0.6 is 0 Å². The average Bonchev–Trinajstić information content (AvgIpc) is 2.68. The molecule has 1 aromatic rings. The van der Waals surface area contributed by atoms with Crippen LogP contribution in [0, 0.1) is 5.92 Å². The van der Waals surface area contributed by atoms with Gasteiger partial charge >= 0.3 is 0 Å². The number of carbonyl (C=O) groups excluding carboxylic acids is 2. The van der Waals surface area contributed by atoms with Crippen LogP contribution in [-0.4, -0.2) is 47.8 Å². The standard InChI is InChI=1S/C20H28N2O2/c1-2-16-6-8-17(9-7-16)19(23)22-14-10-18(11-15-22)20(24)21-12-4-3-5-13-21/h6-9,18H,2-5,10-15H2,1H3. The van der Waals surface area contributed by atoms with Gasteiger partial charge in [-0.05, 0) is 56.2 Å². The van der Waals surface area contributed by atoms with Gasteiger partial charge in [0.1, 0.15) is 0 Å². The fourth-order valence-electron chi connectivity index (χ4n) is 3.77. The molecule has 2 saturated heterocycles. The molecule has 3 rings (SSSR count). The van der Waals surface area contributed by atoms with Crippen molar-refractivity contribution >= 4 is 11.8 Å². The summed E-state index contributed by atoms with van der Waals surface area (Å²) in [6.45, 7) is 5.34. The number of likely N-dealkylation sites (tertiary alicyclic amines) is 2. The van der Waals surface area contributed by atoms with Crippen LogP contribution in [0.25, 0.3) is 0 Å². The predicted molar refractivity (Wildman–Crippen MR) is 94.9 cm³/mol. The second kappa shape index (κ2) is 7.82. The van der Waals surface area contributed by atoms with E-state index >= 15 is 0 Å². The van der Waals surface area contributed by atoms with Gasteiger partial charge in [-0.15, -0.1) is 0 Å². The molecule has 2 aliphatic heterocycles. The summed E-state index contributed by atoms with van der Waals surface area (Å²) in [5, 5.41) is 0. The molecule has 4 heteroatoms. The molecule has 0 saturated carbocycles. The van der Waals surface area contributed by atoms with Crippen molar-refractivity contribution in [3.8, 4) is 0 Å². The smallest absolute Gasteiger partial charge is 0.253 e. The lowest BCUT2D eigenvalue weighted by Gasteiger charge is -2.35. The van der Waals surface area contributed by atoms with Gasteiger partial charge in [-0.25, -0.2) is 0 Å². The van der Waals surface area contributed by atoms with Gasteiger partial charge in [0, 0.05) is 37.7 Å².